The molecule has 0 spiro atoms. The maximum absolute atomic E-state index is 13.0. The second kappa shape index (κ2) is 8.57. The van der Waals surface area contributed by atoms with Gasteiger partial charge in [-0.2, -0.15) is 0 Å². The maximum Gasteiger partial charge on any atom is 0.272 e. The van der Waals surface area contributed by atoms with Gasteiger partial charge in [-0.05, 0) is 43.3 Å². The standard InChI is InChI=1S/C19H15FN4O4S/c1-11-8-13(4-7-16(11)24(27)28)18(26)23-22-17(25)9-15-10-29-19(21-15)12-2-5-14(20)6-3-12/h2-8,10H,9H2,1H3,(H,22,25)(H,23,26). The fourth-order valence-corrected chi connectivity index (χ4v) is 3.35. The molecule has 0 aliphatic carbocycles. The predicted molar refractivity (Wildman–Crippen MR) is 105 cm³/mol. The lowest BCUT2D eigenvalue weighted by molar-refractivity contribution is -0.385. The van der Waals surface area contributed by atoms with E-state index in [1.54, 1.807) is 17.5 Å². The lowest BCUT2D eigenvalue weighted by Gasteiger charge is -2.07. The average Bonchev–Trinajstić information content (AvgIpc) is 3.14. The first kappa shape index (κ1) is 20.1. The summed E-state index contributed by atoms with van der Waals surface area (Å²) in [6.45, 7) is 1.52. The highest BCUT2D eigenvalue weighted by molar-refractivity contribution is 7.13. The van der Waals surface area contributed by atoms with Crippen LogP contribution in [0.3, 0.4) is 0 Å². The van der Waals surface area contributed by atoms with Crippen molar-refractivity contribution in [3.05, 3.63) is 80.6 Å². The number of nitrogens with one attached hydrogen (secondary N) is 2. The number of hydrogen-bond acceptors (Lipinski definition) is 6. The van der Waals surface area contributed by atoms with E-state index in [1.807, 2.05) is 0 Å². The number of halogens is 1. The molecule has 3 rings (SSSR count). The van der Waals surface area contributed by atoms with Crippen LogP contribution in [0.1, 0.15) is 21.6 Å². The average molecular weight is 414 g/mol. The molecule has 0 saturated heterocycles. The van der Waals surface area contributed by atoms with Crippen LogP contribution in [0.5, 0.6) is 0 Å². The Hall–Kier alpha value is -3.66. The molecule has 8 nitrogen and oxygen atoms in total. The van der Waals surface area contributed by atoms with Crippen molar-refractivity contribution in [2.75, 3.05) is 0 Å². The van der Waals surface area contributed by atoms with Gasteiger partial charge in [0.2, 0.25) is 5.91 Å². The number of rotatable bonds is 5. The van der Waals surface area contributed by atoms with E-state index < -0.39 is 16.7 Å². The van der Waals surface area contributed by atoms with E-state index in [-0.39, 0.29) is 23.5 Å². The molecule has 0 aliphatic heterocycles. The van der Waals surface area contributed by atoms with E-state index in [1.165, 1.54) is 48.6 Å². The van der Waals surface area contributed by atoms with Gasteiger partial charge in [0.15, 0.2) is 0 Å². The van der Waals surface area contributed by atoms with Gasteiger partial charge < -0.3 is 0 Å². The molecular weight excluding hydrogens is 399 g/mol. The van der Waals surface area contributed by atoms with E-state index in [0.29, 0.717) is 16.3 Å². The Labute approximate surface area is 168 Å². The molecule has 3 aromatic rings. The van der Waals surface area contributed by atoms with Crippen molar-refractivity contribution < 1.29 is 18.9 Å². The quantitative estimate of drug-likeness (QED) is 0.492. The summed E-state index contributed by atoms with van der Waals surface area (Å²) < 4.78 is 13.0. The lowest BCUT2D eigenvalue weighted by Crippen LogP contribution is -2.42. The number of aryl methyl sites for hydroxylation is 1. The van der Waals surface area contributed by atoms with Crippen molar-refractivity contribution in [2.24, 2.45) is 0 Å². The van der Waals surface area contributed by atoms with Gasteiger partial charge in [-0.15, -0.1) is 11.3 Å². The third-order valence-corrected chi connectivity index (χ3v) is 4.90. The number of nitrogens with zero attached hydrogens (tertiary/aromatic N) is 2. The van der Waals surface area contributed by atoms with E-state index in [4.69, 9.17) is 0 Å². The van der Waals surface area contributed by atoms with Crippen LogP contribution in [-0.4, -0.2) is 21.7 Å². The predicted octanol–water partition coefficient (Wildman–Crippen LogP) is 3.17. The molecule has 10 heteroatoms. The van der Waals surface area contributed by atoms with Crippen LogP contribution in [-0.2, 0) is 11.2 Å². The number of hydrogen-bond donors (Lipinski definition) is 2. The normalized spacial score (nSPS) is 10.4. The molecular formula is C19H15FN4O4S. The molecule has 2 N–H and O–H groups in total. The molecule has 2 amide bonds. The Morgan fingerprint density at radius 1 is 1.17 bits per heavy atom. The van der Waals surface area contributed by atoms with Crippen LogP contribution in [0.25, 0.3) is 10.6 Å². The molecule has 1 aromatic heterocycles. The summed E-state index contributed by atoms with van der Waals surface area (Å²) >= 11 is 1.32. The molecule has 0 bridgehead atoms. The molecule has 0 unspecified atom stereocenters. The summed E-state index contributed by atoms with van der Waals surface area (Å²) in [7, 11) is 0. The van der Waals surface area contributed by atoms with Crippen LogP contribution < -0.4 is 10.9 Å². The van der Waals surface area contributed by atoms with Gasteiger partial charge in [0.05, 0.1) is 17.0 Å². The monoisotopic (exact) mass is 414 g/mol. The Kier molecular flexibility index (Phi) is 5.93. The summed E-state index contributed by atoms with van der Waals surface area (Å²) in [4.78, 5) is 38.8. The zero-order valence-corrected chi connectivity index (χ0v) is 16.0. The minimum absolute atomic E-state index is 0.0583. The first-order valence-corrected chi connectivity index (χ1v) is 9.26. The van der Waals surface area contributed by atoms with Gasteiger partial charge in [0.25, 0.3) is 11.6 Å². The summed E-state index contributed by atoms with van der Waals surface area (Å²) in [5.41, 5.74) is 6.23. The topological polar surface area (TPSA) is 114 Å². The molecule has 2 aromatic carbocycles. The fourth-order valence-electron chi connectivity index (χ4n) is 2.52. The van der Waals surface area contributed by atoms with Crippen molar-refractivity contribution in [3.8, 4) is 10.6 Å². The zero-order chi connectivity index (χ0) is 21.0. The van der Waals surface area contributed by atoms with Crippen molar-refractivity contribution in [3.63, 3.8) is 0 Å². The van der Waals surface area contributed by atoms with Crippen LogP contribution in [0, 0.1) is 22.9 Å². The first-order chi connectivity index (χ1) is 13.8. The third kappa shape index (κ3) is 4.99. The fraction of sp³-hybridized carbons (Fsp3) is 0.105. The summed E-state index contributed by atoms with van der Waals surface area (Å²) in [6, 6.07) is 9.78. The van der Waals surface area contributed by atoms with Crippen LogP contribution in [0.4, 0.5) is 10.1 Å². The minimum Gasteiger partial charge on any atom is -0.273 e. The summed E-state index contributed by atoms with van der Waals surface area (Å²) in [6.07, 6.45) is -0.0583. The van der Waals surface area contributed by atoms with Crippen LogP contribution in [0.15, 0.2) is 47.8 Å². The van der Waals surface area contributed by atoms with Crippen molar-refractivity contribution in [1.29, 1.82) is 0 Å². The number of carbonyl (C=O) groups is 2. The van der Waals surface area contributed by atoms with Crippen LogP contribution >= 0.6 is 11.3 Å². The molecule has 0 radical (unpaired) electrons. The van der Waals surface area contributed by atoms with Gasteiger partial charge in [0.1, 0.15) is 10.8 Å². The number of hydrazine groups is 1. The largest absolute Gasteiger partial charge is 0.273 e. The number of amides is 2. The second-order valence-corrected chi connectivity index (χ2v) is 6.95. The molecule has 0 fully saturated rings. The molecule has 0 atom stereocenters. The number of thiazole rings is 1. The number of benzene rings is 2. The SMILES string of the molecule is Cc1cc(C(=O)NNC(=O)Cc2csc(-c3ccc(F)cc3)n2)ccc1[N+](=O)[O-]. The minimum atomic E-state index is -0.596. The van der Waals surface area contributed by atoms with Gasteiger partial charge in [0, 0.05) is 28.1 Å². The van der Waals surface area contributed by atoms with Gasteiger partial charge in [-0.3, -0.25) is 30.6 Å². The maximum atomic E-state index is 13.0. The highest BCUT2D eigenvalue weighted by Gasteiger charge is 2.15. The Bertz CT molecular complexity index is 1080. The number of nitro benzene ring substituents is 1. The molecule has 148 valence electrons. The van der Waals surface area contributed by atoms with E-state index in [9.17, 15) is 24.1 Å². The molecule has 0 aliphatic rings. The van der Waals surface area contributed by atoms with Crippen molar-refractivity contribution in [1.82, 2.24) is 15.8 Å². The van der Waals surface area contributed by atoms with E-state index >= 15 is 0 Å². The Morgan fingerprint density at radius 3 is 2.55 bits per heavy atom. The molecule has 1 heterocycles. The Balaban J connectivity index is 1.56. The second-order valence-electron chi connectivity index (χ2n) is 6.09. The Morgan fingerprint density at radius 2 is 1.90 bits per heavy atom. The number of carbonyl (C=O) groups excluding carboxylic acids is 2. The zero-order valence-electron chi connectivity index (χ0n) is 15.1. The summed E-state index contributed by atoms with van der Waals surface area (Å²) in [5, 5.41) is 13.2. The summed E-state index contributed by atoms with van der Waals surface area (Å²) in [5.74, 6) is -1.42. The highest BCUT2D eigenvalue weighted by atomic mass is 32.1. The smallest absolute Gasteiger partial charge is 0.272 e. The molecule has 0 saturated carbocycles. The van der Waals surface area contributed by atoms with E-state index in [2.05, 4.69) is 15.8 Å². The van der Waals surface area contributed by atoms with Gasteiger partial charge in [-0.25, -0.2) is 9.37 Å². The van der Waals surface area contributed by atoms with Crippen molar-refractivity contribution in [2.45, 2.75) is 13.3 Å². The van der Waals surface area contributed by atoms with Crippen LogP contribution in [0.2, 0.25) is 0 Å². The third-order valence-electron chi connectivity index (χ3n) is 3.96. The lowest BCUT2D eigenvalue weighted by atomic mass is 10.1. The van der Waals surface area contributed by atoms with E-state index in [0.717, 1.165) is 5.56 Å². The highest BCUT2D eigenvalue weighted by Crippen LogP contribution is 2.24. The van der Waals surface area contributed by atoms with Crippen molar-refractivity contribution >= 4 is 28.8 Å². The molecule has 29 heavy (non-hydrogen) atoms. The number of aromatic nitrogens is 1. The van der Waals surface area contributed by atoms with Gasteiger partial charge in [-0.1, -0.05) is 0 Å². The first-order valence-electron chi connectivity index (χ1n) is 8.38. The number of nitro groups is 1. The van der Waals surface area contributed by atoms with Gasteiger partial charge >= 0.3 is 0 Å².